The SMILES string of the molecule is COC(=O)CC(C)NC(=O)CCCOc1ccccc1Cl. The molecule has 1 unspecified atom stereocenters. The second kappa shape index (κ2) is 9.23. The standard InChI is InChI=1S/C15H20ClNO4/c1-11(10-15(19)20-2)17-14(18)8-5-9-21-13-7-4-3-6-12(13)16/h3-4,6-7,11H,5,8-10H2,1-2H3,(H,17,18). The number of rotatable bonds is 8. The molecule has 0 fully saturated rings. The Labute approximate surface area is 129 Å². The molecule has 0 radical (unpaired) electrons. The van der Waals surface area contributed by atoms with Gasteiger partial charge in [0.2, 0.25) is 5.91 Å². The lowest BCUT2D eigenvalue weighted by molar-refractivity contribution is -0.141. The van der Waals surface area contributed by atoms with Gasteiger partial charge in [-0.15, -0.1) is 0 Å². The van der Waals surface area contributed by atoms with Gasteiger partial charge in [0.25, 0.3) is 0 Å². The number of amides is 1. The summed E-state index contributed by atoms with van der Waals surface area (Å²) in [6, 6.07) is 6.95. The van der Waals surface area contributed by atoms with E-state index in [2.05, 4.69) is 10.1 Å². The van der Waals surface area contributed by atoms with Crippen LogP contribution in [0.25, 0.3) is 0 Å². The maximum atomic E-state index is 11.7. The first kappa shape index (κ1) is 17.3. The van der Waals surface area contributed by atoms with Crippen LogP contribution >= 0.6 is 11.6 Å². The molecule has 1 atom stereocenters. The Kier molecular flexibility index (Phi) is 7.61. The number of nitrogens with one attached hydrogen (secondary N) is 1. The van der Waals surface area contributed by atoms with Gasteiger partial charge < -0.3 is 14.8 Å². The fraction of sp³-hybridized carbons (Fsp3) is 0.467. The normalized spacial score (nSPS) is 11.6. The van der Waals surface area contributed by atoms with Crippen LogP contribution < -0.4 is 10.1 Å². The van der Waals surface area contributed by atoms with Gasteiger partial charge in [0.05, 0.1) is 25.2 Å². The molecular weight excluding hydrogens is 294 g/mol. The van der Waals surface area contributed by atoms with Gasteiger partial charge in [0.15, 0.2) is 0 Å². The molecular formula is C15H20ClNO4. The number of methoxy groups -OCH3 is 1. The second-order valence-electron chi connectivity index (χ2n) is 4.63. The van der Waals surface area contributed by atoms with Crippen molar-refractivity contribution in [3.63, 3.8) is 0 Å². The summed E-state index contributed by atoms with van der Waals surface area (Å²) in [4.78, 5) is 22.7. The third-order valence-electron chi connectivity index (χ3n) is 2.75. The molecule has 0 aliphatic heterocycles. The summed E-state index contributed by atoms with van der Waals surface area (Å²) >= 11 is 5.95. The zero-order valence-electron chi connectivity index (χ0n) is 12.2. The monoisotopic (exact) mass is 313 g/mol. The first-order valence-corrected chi connectivity index (χ1v) is 7.14. The molecule has 0 heterocycles. The van der Waals surface area contributed by atoms with Gasteiger partial charge in [-0.25, -0.2) is 0 Å². The summed E-state index contributed by atoms with van der Waals surface area (Å²) < 4.78 is 10.0. The Hall–Kier alpha value is -1.75. The van der Waals surface area contributed by atoms with Crippen molar-refractivity contribution >= 4 is 23.5 Å². The van der Waals surface area contributed by atoms with E-state index >= 15 is 0 Å². The highest BCUT2D eigenvalue weighted by Gasteiger charge is 2.11. The highest BCUT2D eigenvalue weighted by atomic mass is 35.5. The number of carbonyl (C=O) groups is 2. The smallest absolute Gasteiger partial charge is 0.307 e. The van der Waals surface area contributed by atoms with Gasteiger partial charge in [-0.1, -0.05) is 23.7 Å². The highest BCUT2D eigenvalue weighted by molar-refractivity contribution is 6.32. The van der Waals surface area contributed by atoms with E-state index < -0.39 is 0 Å². The van der Waals surface area contributed by atoms with Crippen LogP contribution in [0.2, 0.25) is 5.02 Å². The minimum atomic E-state index is -0.343. The Morgan fingerprint density at radius 2 is 2.05 bits per heavy atom. The second-order valence-corrected chi connectivity index (χ2v) is 5.04. The van der Waals surface area contributed by atoms with Crippen molar-refractivity contribution in [1.82, 2.24) is 5.32 Å². The molecule has 1 aromatic carbocycles. The van der Waals surface area contributed by atoms with Gasteiger partial charge in [0, 0.05) is 12.5 Å². The Balaban J connectivity index is 2.19. The summed E-state index contributed by atoms with van der Waals surface area (Å²) in [5, 5.41) is 3.28. The molecule has 0 spiro atoms. The molecule has 0 aliphatic carbocycles. The van der Waals surface area contributed by atoms with Crippen LogP contribution in [-0.4, -0.2) is 31.6 Å². The number of ether oxygens (including phenoxy) is 2. The van der Waals surface area contributed by atoms with E-state index in [-0.39, 0.29) is 24.3 Å². The number of hydrogen-bond donors (Lipinski definition) is 1. The van der Waals surface area contributed by atoms with E-state index in [0.717, 1.165) is 0 Å². The van der Waals surface area contributed by atoms with Crippen molar-refractivity contribution in [2.75, 3.05) is 13.7 Å². The minimum absolute atomic E-state index is 0.117. The van der Waals surface area contributed by atoms with Crippen LogP contribution in [0.5, 0.6) is 5.75 Å². The first-order chi connectivity index (χ1) is 10.0. The van der Waals surface area contributed by atoms with Gasteiger partial charge in [-0.05, 0) is 25.5 Å². The average molecular weight is 314 g/mol. The summed E-state index contributed by atoms with van der Waals surface area (Å²) in [6.07, 6.45) is 1.07. The Bertz CT molecular complexity index is 478. The zero-order chi connectivity index (χ0) is 15.7. The largest absolute Gasteiger partial charge is 0.492 e. The van der Waals surface area contributed by atoms with Crippen LogP contribution in [-0.2, 0) is 14.3 Å². The lowest BCUT2D eigenvalue weighted by Crippen LogP contribution is -2.34. The predicted molar refractivity (Wildman–Crippen MR) is 80.4 cm³/mol. The summed E-state index contributed by atoms with van der Waals surface area (Å²) in [6.45, 7) is 2.16. The average Bonchev–Trinajstić information content (AvgIpc) is 2.45. The van der Waals surface area contributed by atoms with E-state index in [1.165, 1.54) is 7.11 Å². The lowest BCUT2D eigenvalue weighted by Gasteiger charge is -2.12. The first-order valence-electron chi connectivity index (χ1n) is 6.76. The lowest BCUT2D eigenvalue weighted by atomic mass is 10.2. The van der Waals surface area contributed by atoms with Gasteiger partial charge in [0.1, 0.15) is 5.75 Å². The molecule has 0 aromatic heterocycles. The number of benzene rings is 1. The van der Waals surface area contributed by atoms with Crippen molar-refractivity contribution in [3.8, 4) is 5.75 Å². The van der Waals surface area contributed by atoms with E-state index in [4.69, 9.17) is 16.3 Å². The van der Waals surface area contributed by atoms with E-state index in [9.17, 15) is 9.59 Å². The summed E-state index contributed by atoms with van der Waals surface area (Å²) in [5.41, 5.74) is 0. The Morgan fingerprint density at radius 3 is 2.71 bits per heavy atom. The zero-order valence-corrected chi connectivity index (χ0v) is 13.0. The van der Waals surface area contributed by atoms with Crippen LogP contribution in [0.3, 0.4) is 0 Å². The predicted octanol–water partition coefficient (Wildman–Crippen LogP) is 2.57. The number of esters is 1. The van der Waals surface area contributed by atoms with Crippen molar-refractivity contribution in [1.29, 1.82) is 0 Å². The van der Waals surface area contributed by atoms with E-state index in [1.807, 2.05) is 12.1 Å². The van der Waals surface area contributed by atoms with Crippen LogP contribution in [0.1, 0.15) is 26.2 Å². The molecule has 0 bridgehead atoms. The van der Waals surface area contributed by atoms with Crippen LogP contribution in [0, 0.1) is 0 Å². The highest BCUT2D eigenvalue weighted by Crippen LogP contribution is 2.23. The van der Waals surface area contributed by atoms with Crippen LogP contribution in [0.4, 0.5) is 0 Å². The molecule has 0 saturated heterocycles. The van der Waals surface area contributed by atoms with Crippen molar-refractivity contribution in [3.05, 3.63) is 29.3 Å². The number of para-hydroxylation sites is 1. The van der Waals surface area contributed by atoms with Crippen molar-refractivity contribution < 1.29 is 19.1 Å². The maximum Gasteiger partial charge on any atom is 0.307 e. The summed E-state index contributed by atoms with van der Waals surface area (Å²) in [5.74, 6) is 0.151. The fourth-order valence-electron chi connectivity index (χ4n) is 1.71. The van der Waals surface area contributed by atoms with Crippen LogP contribution in [0.15, 0.2) is 24.3 Å². The third kappa shape index (κ3) is 6.99. The molecule has 5 nitrogen and oxygen atoms in total. The van der Waals surface area contributed by atoms with Gasteiger partial charge in [-0.3, -0.25) is 9.59 Å². The molecule has 1 rings (SSSR count). The Morgan fingerprint density at radius 1 is 1.33 bits per heavy atom. The molecule has 6 heteroatoms. The number of carbonyl (C=O) groups excluding carboxylic acids is 2. The number of hydrogen-bond acceptors (Lipinski definition) is 4. The molecule has 1 aromatic rings. The molecule has 21 heavy (non-hydrogen) atoms. The summed E-state index contributed by atoms with van der Waals surface area (Å²) in [7, 11) is 1.32. The fourth-order valence-corrected chi connectivity index (χ4v) is 1.90. The van der Waals surface area contributed by atoms with Crippen molar-refractivity contribution in [2.24, 2.45) is 0 Å². The topological polar surface area (TPSA) is 64.6 Å². The van der Waals surface area contributed by atoms with Crippen molar-refractivity contribution in [2.45, 2.75) is 32.2 Å². The maximum absolute atomic E-state index is 11.7. The van der Waals surface area contributed by atoms with E-state index in [0.29, 0.717) is 30.2 Å². The molecule has 116 valence electrons. The third-order valence-corrected chi connectivity index (χ3v) is 3.06. The molecule has 0 aliphatic rings. The molecule has 0 saturated carbocycles. The quantitative estimate of drug-likeness (QED) is 0.592. The minimum Gasteiger partial charge on any atom is -0.492 e. The van der Waals surface area contributed by atoms with E-state index in [1.54, 1.807) is 19.1 Å². The van der Waals surface area contributed by atoms with Gasteiger partial charge >= 0.3 is 5.97 Å². The molecule has 1 amide bonds. The molecule has 1 N–H and O–H groups in total. The van der Waals surface area contributed by atoms with Gasteiger partial charge in [-0.2, -0.15) is 0 Å². The number of halogens is 1.